The second-order valence-corrected chi connectivity index (χ2v) is 11.6. The van der Waals surface area contributed by atoms with E-state index >= 15 is 0 Å². The number of aliphatic hydroxyl groups excluding tert-OH is 1. The highest BCUT2D eigenvalue weighted by molar-refractivity contribution is 6.51. The van der Waals surface area contributed by atoms with Crippen molar-refractivity contribution in [1.29, 1.82) is 0 Å². The molecular weight excluding hydrogens is 521 g/mol. The summed E-state index contributed by atoms with van der Waals surface area (Å²) in [7, 11) is 1.43. The zero-order valence-electron chi connectivity index (χ0n) is 22.3. The van der Waals surface area contributed by atoms with Crippen molar-refractivity contribution in [3.8, 4) is 5.75 Å². The van der Waals surface area contributed by atoms with Gasteiger partial charge in [0.2, 0.25) is 0 Å². The van der Waals surface area contributed by atoms with Gasteiger partial charge in [0.15, 0.2) is 5.75 Å². The first kappa shape index (κ1) is 27.7. The summed E-state index contributed by atoms with van der Waals surface area (Å²) in [6.07, 6.45) is 0. The molecule has 1 saturated heterocycles. The van der Waals surface area contributed by atoms with E-state index in [2.05, 4.69) is 34.6 Å². The van der Waals surface area contributed by atoms with E-state index < -0.39 is 17.7 Å². The molecular formula is C31H31Cl2NO4. The molecule has 4 rings (SSSR count). The Labute approximate surface area is 233 Å². The van der Waals surface area contributed by atoms with E-state index in [1.807, 2.05) is 48.5 Å². The molecule has 0 aliphatic carbocycles. The van der Waals surface area contributed by atoms with E-state index in [0.29, 0.717) is 17.2 Å². The molecule has 1 atom stereocenters. The number of amides is 1. The Balaban J connectivity index is 1.93. The van der Waals surface area contributed by atoms with Gasteiger partial charge in [-0.2, -0.15) is 0 Å². The lowest BCUT2D eigenvalue weighted by Gasteiger charge is -2.27. The number of hydrogen-bond acceptors (Lipinski definition) is 4. The Hall–Kier alpha value is -3.28. The van der Waals surface area contributed by atoms with Gasteiger partial charge in [-0.15, -0.1) is 0 Å². The van der Waals surface area contributed by atoms with E-state index in [1.54, 1.807) is 0 Å². The van der Waals surface area contributed by atoms with Gasteiger partial charge < -0.3 is 9.84 Å². The topological polar surface area (TPSA) is 66.8 Å². The number of aliphatic hydroxyl groups is 1. The molecule has 0 spiro atoms. The van der Waals surface area contributed by atoms with Crippen LogP contribution in [0.1, 0.15) is 68.8 Å². The van der Waals surface area contributed by atoms with Crippen LogP contribution in [0, 0.1) is 0 Å². The van der Waals surface area contributed by atoms with Crippen molar-refractivity contribution in [3.63, 3.8) is 0 Å². The smallest absolute Gasteiger partial charge is 0.300 e. The van der Waals surface area contributed by atoms with Crippen LogP contribution < -0.4 is 9.64 Å². The molecule has 0 saturated carbocycles. The van der Waals surface area contributed by atoms with E-state index in [0.717, 1.165) is 11.1 Å². The van der Waals surface area contributed by atoms with Gasteiger partial charge in [0, 0.05) is 11.3 Å². The molecule has 1 aliphatic heterocycles. The van der Waals surface area contributed by atoms with Crippen LogP contribution in [0.3, 0.4) is 0 Å². The first-order valence-electron chi connectivity index (χ1n) is 12.4. The Kier molecular flexibility index (Phi) is 7.64. The van der Waals surface area contributed by atoms with Crippen LogP contribution in [-0.2, 0) is 15.0 Å². The largest absolute Gasteiger partial charge is 0.507 e. The van der Waals surface area contributed by atoms with Crippen LogP contribution in [0.2, 0.25) is 10.0 Å². The zero-order valence-corrected chi connectivity index (χ0v) is 23.8. The first-order chi connectivity index (χ1) is 17.8. The van der Waals surface area contributed by atoms with Gasteiger partial charge >= 0.3 is 0 Å². The molecule has 0 radical (unpaired) electrons. The summed E-state index contributed by atoms with van der Waals surface area (Å²) >= 11 is 12.6. The third-order valence-corrected chi connectivity index (χ3v) is 7.41. The van der Waals surface area contributed by atoms with Crippen molar-refractivity contribution in [3.05, 3.63) is 98.5 Å². The molecule has 0 aromatic heterocycles. The standard InChI is InChI=1S/C31H31Cl2NO4/c1-17(2)18-9-13-22(14-10-18)34-26(19-7-11-21(12-8-19)31(3,4)5)25(28(36)30(34)37)27(35)20-15-23(32)29(38-6)24(33)16-20/h7-17,26,35H,1-6H3/b27-25+. The minimum absolute atomic E-state index is 0.0382. The van der Waals surface area contributed by atoms with Gasteiger partial charge in [0.25, 0.3) is 11.7 Å². The number of ether oxygens (including phenoxy) is 1. The van der Waals surface area contributed by atoms with Gasteiger partial charge in [-0.3, -0.25) is 14.5 Å². The maximum absolute atomic E-state index is 13.5. The predicted molar refractivity (Wildman–Crippen MR) is 153 cm³/mol. The maximum atomic E-state index is 13.5. The lowest BCUT2D eigenvalue weighted by molar-refractivity contribution is -0.132. The monoisotopic (exact) mass is 551 g/mol. The molecule has 1 aliphatic rings. The third-order valence-electron chi connectivity index (χ3n) is 6.85. The molecule has 3 aromatic rings. The molecule has 3 aromatic carbocycles. The molecule has 1 unspecified atom stereocenters. The highest BCUT2D eigenvalue weighted by Gasteiger charge is 2.47. The maximum Gasteiger partial charge on any atom is 0.300 e. The van der Waals surface area contributed by atoms with Crippen molar-refractivity contribution in [1.82, 2.24) is 0 Å². The summed E-state index contributed by atoms with van der Waals surface area (Å²) in [5.41, 5.74) is 3.56. The van der Waals surface area contributed by atoms with Crippen LogP contribution in [-0.4, -0.2) is 23.9 Å². The number of carbonyl (C=O) groups is 2. The van der Waals surface area contributed by atoms with Crippen LogP contribution in [0.15, 0.2) is 66.2 Å². The minimum atomic E-state index is -0.853. The SMILES string of the molecule is COc1c(Cl)cc(/C(O)=C2\C(=O)C(=O)N(c3ccc(C(C)C)cc3)C2c2ccc(C(C)(C)C)cc2)cc1Cl. The second-order valence-electron chi connectivity index (χ2n) is 10.8. The third kappa shape index (κ3) is 5.05. The van der Waals surface area contributed by atoms with Crippen molar-refractivity contribution in [2.45, 2.75) is 52.0 Å². The Bertz CT molecular complexity index is 1390. The molecule has 1 fully saturated rings. The number of nitrogens with zero attached hydrogens (tertiary/aromatic N) is 1. The summed E-state index contributed by atoms with van der Waals surface area (Å²) in [5.74, 6) is -1.31. The fraction of sp³-hybridized carbons (Fsp3) is 0.290. The summed E-state index contributed by atoms with van der Waals surface area (Å²) in [4.78, 5) is 28.4. The summed E-state index contributed by atoms with van der Waals surface area (Å²) in [6, 6.07) is 17.4. The lowest BCUT2D eigenvalue weighted by Crippen LogP contribution is -2.29. The molecule has 1 amide bonds. The number of carbonyl (C=O) groups excluding carboxylic acids is 2. The van der Waals surface area contributed by atoms with Gasteiger partial charge in [0.05, 0.1) is 28.8 Å². The lowest BCUT2D eigenvalue weighted by atomic mass is 9.85. The molecule has 5 nitrogen and oxygen atoms in total. The molecule has 198 valence electrons. The van der Waals surface area contributed by atoms with Crippen molar-refractivity contribution in [2.75, 3.05) is 12.0 Å². The number of ketones is 1. The molecule has 1 heterocycles. The average Bonchev–Trinajstić information content (AvgIpc) is 3.13. The number of benzene rings is 3. The molecule has 38 heavy (non-hydrogen) atoms. The fourth-order valence-electron chi connectivity index (χ4n) is 4.65. The molecule has 0 bridgehead atoms. The van der Waals surface area contributed by atoms with Gasteiger partial charge in [-0.1, -0.05) is 94.2 Å². The van der Waals surface area contributed by atoms with E-state index in [4.69, 9.17) is 27.9 Å². The first-order valence-corrected chi connectivity index (χ1v) is 13.2. The van der Waals surface area contributed by atoms with Gasteiger partial charge in [-0.05, 0) is 52.3 Å². The van der Waals surface area contributed by atoms with Crippen molar-refractivity contribution in [2.24, 2.45) is 0 Å². The zero-order chi connectivity index (χ0) is 27.9. The normalized spacial score (nSPS) is 17.4. The van der Waals surface area contributed by atoms with Crippen molar-refractivity contribution >= 4 is 46.3 Å². The van der Waals surface area contributed by atoms with E-state index in [9.17, 15) is 14.7 Å². The highest BCUT2D eigenvalue weighted by atomic mass is 35.5. The van der Waals surface area contributed by atoms with Crippen LogP contribution in [0.4, 0.5) is 5.69 Å². The van der Waals surface area contributed by atoms with E-state index in [-0.39, 0.29) is 38.1 Å². The molecule has 7 heteroatoms. The Morgan fingerprint density at radius 2 is 1.50 bits per heavy atom. The predicted octanol–water partition coefficient (Wildman–Crippen LogP) is 8.05. The van der Waals surface area contributed by atoms with Gasteiger partial charge in [-0.25, -0.2) is 0 Å². The van der Waals surface area contributed by atoms with Gasteiger partial charge in [0.1, 0.15) is 5.76 Å². The summed E-state index contributed by atoms with van der Waals surface area (Å²) < 4.78 is 5.21. The fourth-order valence-corrected chi connectivity index (χ4v) is 5.29. The number of anilines is 1. The number of halogens is 2. The summed E-state index contributed by atoms with van der Waals surface area (Å²) in [5, 5.41) is 11.8. The quantitative estimate of drug-likeness (QED) is 0.198. The number of rotatable bonds is 5. The highest BCUT2D eigenvalue weighted by Crippen LogP contribution is 2.44. The van der Waals surface area contributed by atoms with Crippen molar-refractivity contribution < 1.29 is 19.4 Å². The van der Waals surface area contributed by atoms with E-state index in [1.165, 1.54) is 24.1 Å². The second kappa shape index (κ2) is 10.5. The average molecular weight is 552 g/mol. The minimum Gasteiger partial charge on any atom is -0.507 e. The van der Waals surface area contributed by atoms with Crippen LogP contribution >= 0.6 is 23.2 Å². The van der Waals surface area contributed by atoms with Crippen LogP contribution in [0.5, 0.6) is 5.75 Å². The number of Topliss-reactive ketones (excluding diaryl/α,β-unsaturated/α-hetero) is 1. The number of methoxy groups -OCH3 is 1. The molecule has 1 N–H and O–H groups in total. The van der Waals surface area contributed by atoms with Crippen LogP contribution in [0.25, 0.3) is 5.76 Å². The number of hydrogen-bond donors (Lipinski definition) is 1. The Morgan fingerprint density at radius 1 is 0.947 bits per heavy atom. The summed E-state index contributed by atoms with van der Waals surface area (Å²) in [6.45, 7) is 10.5. The Morgan fingerprint density at radius 3 is 1.97 bits per heavy atom.